The molecule has 0 saturated heterocycles. The summed E-state index contributed by atoms with van der Waals surface area (Å²) in [5.74, 6) is 0.269. The molecular formula is C9H19NO2. The Hall–Kier alpha value is -0.570. The molecule has 0 aromatic rings. The molecule has 0 saturated carbocycles. The normalized spacial score (nSPS) is 11.8. The molecule has 72 valence electrons. The van der Waals surface area contributed by atoms with Gasteiger partial charge in [-0.25, -0.2) is 0 Å². The largest absolute Gasteiger partial charge is 0.468 e. The summed E-state index contributed by atoms with van der Waals surface area (Å²) < 4.78 is 4.52. The lowest BCUT2D eigenvalue weighted by Gasteiger charge is -2.30. The number of esters is 1. The highest BCUT2D eigenvalue weighted by atomic mass is 16.5. The van der Waals surface area contributed by atoms with Gasteiger partial charge in [0, 0.05) is 5.54 Å². The number of ether oxygens (including phenoxy) is 1. The molecule has 0 radical (unpaired) electrons. The molecule has 0 aliphatic rings. The summed E-state index contributed by atoms with van der Waals surface area (Å²) in [6.07, 6.45) is 0. The minimum absolute atomic E-state index is 0.0197. The van der Waals surface area contributed by atoms with E-state index in [9.17, 15) is 4.79 Å². The first-order chi connectivity index (χ1) is 5.40. The third-order valence-corrected chi connectivity index (χ3v) is 2.36. The molecule has 0 amide bonds. The molecule has 0 aliphatic carbocycles. The van der Waals surface area contributed by atoms with Gasteiger partial charge in [0.1, 0.15) is 0 Å². The molecule has 0 aromatic carbocycles. The second-order valence-electron chi connectivity index (χ2n) is 3.81. The molecule has 3 nitrogen and oxygen atoms in total. The predicted octanol–water partition coefficient (Wildman–Crippen LogP) is 1.18. The van der Waals surface area contributed by atoms with Crippen molar-refractivity contribution in [2.75, 3.05) is 13.7 Å². The van der Waals surface area contributed by atoms with Crippen molar-refractivity contribution in [3.63, 3.8) is 0 Å². The van der Waals surface area contributed by atoms with Crippen molar-refractivity contribution in [1.82, 2.24) is 5.32 Å². The number of rotatable bonds is 4. The number of carbonyl (C=O) groups excluding carboxylic acids is 1. The van der Waals surface area contributed by atoms with Crippen LogP contribution in [0, 0.1) is 5.92 Å². The first-order valence-corrected chi connectivity index (χ1v) is 4.22. The van der Waals surface area contributed by atoms with Crippen LogP contribution in [-0.4, -0.2) is 25.2 Å². The molecule has 0 unspecified atom stereocenters. The summed E-state index contributed by atoms with van der Waals surface area (Å²) in [5.41, 5.74) is -0.0197. The first-order valence-electron chi connectivity index (χ1n) is 4.22. The van der Waals surface area contributed by atoms with Gasteiger partial charge in [0.2, 0.25) is 0 Å². The quantitative estimate of drug-likeness (QED) is 0.649. The minimum Gasteiger partial charge on any atom is -0.468 e. The van der Waals surface area contributed by atoms with Crippen molar-refractivity contribution in [2.24, 2.45) is 5.92 Å². The Morgan fingerprint density at radius 1 is 1.50 bits per heavy atom. The van der Waals surface area contributed by atoms with Gasteiger partial charge < -0.3 is 10.1 Å². The summed E-state index contributed by atoms with van der Waals surface area (Å²) in [7, 11) is 1.40. The van der Waals surface area contributed by atoms with Crippen molar-refractivity contribution in [3.05, 3.63) is 0 Å². The van der Waals surface area contributed by atoms with E-state index in [-0.39, 0.29) is 18.1 Å². The first kappa shape index (κ1) is 11.4. The molecule has 0 rings (SSSR count). The summed E-state index contributed by atoms with van der Waals surface area (Å²) >= 11 is 0. The Bertz CT molecular complexity index is 153. The fraction of sp³-hybridized carbons (Fsp3) is 0.889. The zero-order valence-corrected chi connectivity index (χ0v) is 8.60. The van der Waals surface area contributed by atoms with E-state index in [1.165, 1.54) is 7.11 Å². The van der Waals surface area contributed by atoms with Crippen molar-refractivity contribution in [2.45, 2.75) is 33.2 Å². The van der Waals surface area contributed by atoms with Crippen LogP contribution >= 0.6 is 0 Å². The van der Waals surface area contributed by atoms with Gasteiger partial charge in [-0.15, -0.1) is 0 Å². The molecule has 1 N–H and O–H groups in total. The van der Waals surface area contributed by atoms with Crippen LogP contribution in [-0.2, 0) is 9.53 Å². The smallest absolute Gasteiger partial charge is 0.319 e. The average Bonchev–Trinajstić information content (AvgIpc) is 2.00. The highest BCUT2D eigenvalue weighted by Crippen LogP contribution is 2.14. The third-order valence-electron chi connectivity index (χ3n) is 2.36. The summed E-state index contributed by atoms with van der Waals surface area (Å²) in [6, 6.07) is 0. The highest BCUT2D eigenvalue weighted by molar-refractivity contribution is 5.71. The molecule has 12 heavy (non-hydrogen) atoms. The molecule has 0 fully saturated rings. The van der Waals surface area contributed by atoms with Gasteiger partial charge in [-0.05, 0) is 19.8 Å². The average molecular weight is 173 g/mol. The predicted molar refractivity (Wildman–Crippen MR) is 48.9 cm³/mol. The van der Waals surface area contributed by atoms with E-state index in [1.807, 2.05) is 0 Å². The second-order valence-corrected chi connectivity index (χ2v) is 3.81. The van der Waals surface area contributed by atoms with Crippen LogP contribution in [0.25, 0.3) is 0 Å². The molecule has 0 bridgehead atoms. The van der Waals surface area contributed by atoms with Gasteiger partial charge in [0.05, 0.1) is 13.7 Å². The Balaban J connectivity index is 3.83. The molecular weight excluding hydrogens is 154 g/mol. The zero-order chi connectivity index (χ0) is 9.78. The van der Waals surface area contributed by atoms with Crippen LogP contribution in [0.2, 0.25) is 0 Å². The fourth-order valence-electron chi connectivity index (χ4n) is 0.576. The lowest BCUT2D eigenvalue weighted by molar-refractivity contribution is -0.140. The molecule has 3 heteroatoms. The molecule has 0 heterocycles. The monoisotopic (exact) mass is 173 g/mol. The van der Waals surface area contributed by atoms with E-state index in [0.29, 0.717) is 5.92 Å². The maximum atomic E-state index is 10.8. The number of hydrogen-bond acceptors (Lipinski definition) is 3. The third kappa shape index (κ3) is 3.72. The number of carbonyl (C=O) groups is 1. The second kappa shape index (κ2) is 4.45. The van der Waals surface area contributed by atoms with Gasteiger partial charge in [0.15, 0.2) is 0 Å². The molecule has 0 atom stereocenters. The topological polar surface area (TPSA) is 38.3 Å². The van der Waals surface area contributed by atoms with Gasteiger partial charge in [0.25, 0.3) is 0 Å². The van der Waals surface area contributed by atoms with Crippen molar-refractivity contribution >= 4 is 5.97 Å². The van der Waals surface area contributed by atoms with E-state index in [4.69, 9.17) is 0 Å². The van der Waals surface area contributed by atoms with Crippen LogP contribution in [0.15, 0.2) is 0 Å². The lowest BCUT2D eigenvalue weighted by atomic mass is 9.91. The Morgan fingerprint density at radius 2 is 2.00 bits per heavy atom. The summed E-state index contributed by atoms with van der Waals surface area (Å²) in [5, 5.41) is 3.13. The number of nitrogens with one attached hydrogen (secondary N) is 1. The standard InChI is InChI=1S/C9H19NO2/c1-7(2)9(3,4)10-6-8(11)12-5/h7,10H,6H2,1-5H3. The van der Waals surface area contributed by atoms with Crippen molar-refractivity contribution in [1.29, 1.82) is 0 Å². The Labute approximate surface area is 74.5 Å². The van der Waals surface area contributed by atoms with Crippen molar-refractivity contribution < 1.29 is 9.53 Å². The Kier molecular flexibility index (Phi) is 4.24. The maximum Gasteiger partial charge on any atom is 0.319 e. The number of methoxy groups -OCH3 is 1. The SMILES string of the molecule is COC(=O)CNC(C)(C)C(C)C. The summed E-state index contributed by atoms with van der Waals surface area (Å²) in [4.78, 5) is 10.8. The highest BCUT2D eigenvalue weighted by Gasteiger charge is 2.22. The zero-order valence-electron chi connectivity index (χ0n) is 8.60. The number of hydrogen-bond donors (Lipinski definition) is 1. The van der Waals surface area contributed by atoms with Gasteiger partial charge in [-0.2, -0.15) is 0 Å². The van der Waals surface area contributed by atoms with Crippen LogP contribution in [0.5, 0.6) is 0 Å². The summed E-state index contributed by atoms with van der Waals surface area (Å²) in [6.45, 7) is 8.65. The van der Waals surface area contributed by atoms with Gasteiger partial charge in [-0.3, -0.25) is 4.79 Å². The molecule has 0 spiro atoms. The van der Waals surface area contributed by atoms with Crippen LogP contribution < -0.4 is 5.32 Å². The van der Waals surface area contributed by atoms with E-state index in [1.54, 1.807) is 0 Å². The van der Waals surface area contributed by atoms with E-state index in [2.05, 4.69) is 37.7 Å². The van der Waals surface area contributed by atoms with Crippen LogP contribution in [0.4, 0.5) is 0 Å². The fourth-order valence-corrected chi connectivity index (χ4v) is 0.576. The van der Waals surface area contributed by atoms with Gasteiger partial charge >= 0.3 is 5.97 Å². The van der Waals surface area contributed by atoms with E-state index >= 15 is 0 Å². The molecule has 0 aromatic heterocycles. The minimum atomic E-state index is -0.219. The lowest BCUT2D eigenvalue weighted by Crippen LogP contribution is -2.46. The van der Waals surface area contributed by atoms with Crippen LogP contribution in [0.1, 0.15) is 27.7 Å². The van der Waals surface area contributed by atoms with E-state index in [0.717, 1.165) is 0 Å². The van der Waals surface area contributed by atoms with Crippen LogP contribution in [0.3, 0.4) is 0 Å². The Morgan fingerprint density at radius 3 is 2.33 bits per heavy atom. The maximum absolute atomic E-state index is 10.8. The molecule has 0 aliphatic heterocycles. The van der Waals surface area contributed by atoms with Crippen molar-refractivity contribution in [3.8, 4) is 0 Å². The van der Waals surface area contributed by atoms with E-state index < -0.39 is 0 Å². The van der Waals surface area contributed by atoms with Gasteiger partial charge in [-0.1, -0.05) is 13.8 Å².